The maximum atomic E-state index is 12.1. The molecular formula is C11H22N2O2. The van der Waals surface area contributed by atoms with Crippen molar-refractivity contribution in [1.82, 2.24) is 4.90 Å². The zero-order chi connectivity index (χ0) is 11.5. The number of aliphatic hydroxyl groups is 1. The first kappa shape index (κ1) is 12.5. The maximum absolute atomic E-state index is 12.1. The molecule has 1 unspecified atom stereocenters. The van der Waals surface area contributed by atoms with Crippen molar-refractivity contribution in [3.8, 4) is 0 Å². The molecule has 0 radical (unpaired) electrons. The number of carbonyl (C=O) groups excluding carboxylic acids is 1. The molecule has 1 fully saturated rings. The molecule has 1 amide bonds. The van der Waals surface area contributed by atoms with Crippen molar-refractivity contribution >= 4 is 5.91 Å². The number of aliphatic hydroxyl groups excluding tert-OH is 1. The smallest absolute Gasteiger partial charge is 0.229 e. The largest absolute Gasteiger partial charge is 0.393 e. The van der Waals surface area contributed by atoms with Gasteiger partial charge in [-0.15, -0.1) is 0 Å². The summed E-state index contributed by atoms with van der Waals surface area (Å²) in [7, 11) is 1.79. The summed E-state index contributed by atoms with van der Waals surface area (Å²) in [5.74, 6) is 0.150. The minimum Gasteiger partial charge on any atom is -0.393 e. The van der Waals surface area contributed by atoms with Crippen molar-refractivity contribution in [2.75, 3.05) is 20.1 Å². The molecule has 1 aliphatic rings. The van der Waals surface area contributed by atoms with Gasteiger partial charge >= 0.3 is 0 Å². The molecule has 1 saturated carbocycles. The predicted molar refractivity (Wildman–Crippen MR) is 59.3 cm³/mol. The fourth-order valence-electron chi connectivity index (χ4n) is 2.00. The average molecular weight is 214 g/mol. The fourth-order valence-corrected chi connectivity index (χ4v) is 2.00. The normalized spacial score (nSPS) is 20.5. The van der Waals surface area contributed by atoms with Crippen LogP contribution in [0.5, 0.6) is 0 Å². The highest BCUT2D eigenvalue weighted by Gasteiger charge is 2.44. The molecule has 4 heteroatoms. The second kappa shape index (κ2) is 4.94. The Bertz CT molecular complexity index is 219. The van der Waals surface area contributed by atoms with E-state index in [0.29, 0.717) is 19.5 Å². The van der Waals surface area contributed by atoms with E-state index in [9.17, 15) is 4.79 Å². The first-order valence-corrected chi connectivity index (χ1v) is 5.65. The molecule has 0 saturated heterocycles. The van der Waals surface area contributed by atoms with Gasteiger partial charge in [-0.2, -0.15) is 0 Å². The van der Waals surface area contributed by atoms with Crippen LogP contribution in [0.25, 0.3) is 0 Å². The Balaban J connectivity index is 2.44. The van der Waals surface area contributed by atoms with Crippen LogP contribution < -0.4 is 5.73 Å². The lowest BCUT2D eigenvalue weighted by molar-refractivity contribution is -0.145. The van der Waals surface area contributed by atoms with Crippen LogP contribution in [-0.4, -0.2) is 42.2 Å². The molecule has 1 atom stereocenters. The standard InChI is InChI=1S/C11H22N2O2/c1-9(14)4-7-13(2)10(15)11(8-12)5-3-6-11/h9,14H,3-8,12H2,1-2H3. The van der Waals surface area contributed by atoms with Gasteiger partial charge in [0.15, 0.2) is 0 Å². The van der Waals surface area contributed by atoms with Crippen LogP contribution in [0.2, 0.25) is 0 Å². The Hall–Kier alpha value is -0.610. The summed E-state index contributed by atoms with van der Waals surface area (Å²) in [6, 6.07) is 0. The van der Waals surface area contributed by atoms with Crippen molar-refractivity contribution in [2.45, 2.75) is 38.7 Å². The third kappa shape index (κ3) is 2.69. The molecule has 1 aliphatic carbocycles. The Kier molecular flexibility index (Phi) is 4.11. The highest BCUT2D eigenvalue weighted by Crippen LogP contribution is 2.41. The van der Waals surface area contributed by atoms with Crippen LogP contribution in [0.1, 0.15) is 32.6 Å². The summed E-state index contributed by atoms with van der Waals surface area (Å²) >= 11 is 0. The van der Waals surface area contributed by atoms with E-state index >= 15 is 0 Å². The summed E-state index contributed by atoms with van der Waals surface area (Å²) in [5, 5.41) is 9.15. The third-order valence-electron chi connectivity index (χ3n) is 3.38. The summed E-state index contributed by atoms with van der Waals surface area (Å²) in [4.78, 5) is 13.8. The van der Waals surface area contributed by atoms with Crippen LogP contribution in [0.3, 0.4) is 0 Å². The first-order chi connectivity index (χ1) is 7.02. The summed E-state index contributed by atoms with van der Waals surface area (Å²) in [6.45, 7) is 2.80. The molecule has 4 nitrogen and oxygen atoms in total. The van der Waals surface area contributed by atoms with Gasteiger partial charge in [-0.1, -0.05) is 6.42 Å². The predicted octanol–water partition coefficient (Wildman–Crippen LogP) is 0.345. The molecule has 0 bridgehead atoms. The van der Waals surface area contributed by atoms with Gasteiger partial charge in [0, 0.05) is 20.1 Å². The summed E-state index contributed by atoms with van der Waals surface area (Å²) in [6.07, 6.45) is 3.22. The highest BCUT2D eigenvalue weighted by molar-refractivity contribution is 5.83. The first-order valence-electron chi connectivity index (χ1n) is 5.65. The Labute approximate surface area is 91.4 Å². The zero-order valence-electron chi connectivity index (χ0n) is 9.70. The molecule has 3 N–H and O–H groups in total. The van der Waals surface area contributed by atoms with Crippen molar-refractivity contribution in [1.29, 1.82) is 0 Å². The number of hydrogen-bond acceptors (Lipinski definition) is 3. The van der Waals surface area contributed by atoms with Crippen molar-refractivity contribution in [2.24, 2.45) is 11.1 Å². The SMILES string of the molecule is CC(O)CCN(C)C(=O)C1(CN)CCC1. The number of rotatable bonds is 5. The van der Waals surface area contributed by atoms with Crippen molar-refractivity contribution < 1.29 is 9.90 Å². The molecule has 0 spiro atoms. The van der Waals surface area contributed by atoms with Crippen LogP contribution in [0.4, 0.5) is 0 Å². The van der Waals surface area contributed by atoms with Crippen LogP contribution >= 0.6 is 0 Å². The number of hydrogen-bond donors (Lipinski definition) is 2. The monoisotopic (exact) mass is 214 g/mol. The molecule has 15 heavy (non-hydrogen) atoms. The molecule has 1 rings (SSSR count). The third-order valence-corrected chi connectivity index (χ3v) is 3.38. The van der Waals surface area contributed by atoms with Gasteiger partial charge < -0.3 is 15.7 Å². The fraction of sp³-hybridized carbons (Fsp3) is 0.909. The van der Waals surface area contributed by atoms with E-state index in [2.05, 4.69) is 0 Å². The van der Waals surface area contributed by atoms with Crippen LogP contribution in [-0.2, 0) is 4.79 Å². The van der Waals surface area contributed by atoms with Crippen molar-refractivity contribution in [3.63, 3.8) is 0 Å². The Morgan fingerprint density at radius 3 is 2.53 bits per heavy atom. The minimum absolute atomic E-state index is 0.150. The summed E-state index contributed by atoms with van der Waals surface area (Å²) < 4.78 is 0. The summed E-state index contributed by atoms with van der Waals surface area (Å²) in [5.41, 5.74) is 5.38. The lowest BCUT2D eigenvalue weighted by Gasteiger charge is -2.41. The quantitative estimate of drug-likeness (QED) is 0.693. The number of nitrogens with zero attached hydrogens (tertiary/aromatic N) is 1. The second-order valence-corrected chi connectivity index (χ2v) is 4.70. The van der Waals surface area contributed by atoms with Crippen molar-refractivity contribution in [3.05, 3.63) is 0 Å². The van der Waals surface area contributed by atoms with E-state index in [1.165, 1.54) is 0 Å². The van der Waals surface area contributed by atoms with E-state index in [1.54, 1.807) is 18.9 Å². The van der Waals surface area contributed by atoms with Gasteiger partial charge in [-0.3, -0.25) is 4.79 Å². The Morgan fingerprint density at radius 1 is 1.60 bits per heavy atom. The van der Waals surface area contributed by atoms with Gasteiger partial charge in [0.25, 0.3) is 0 Å². The molecular weight excluding hydrogens is 192 g/mol. The molecule has 0 aromatic rings. The van der Waals surface area contributed by atoms with E-state index < -0.39 is 0 Å². The van der Waals surface area contributed by atoms with Gasteiger partial charge in [0.1, 0.15) is 0 Å². The zero-order valence-corrected chi connectivity index (χ0v) is 9.70. The maximum Gasteiger partial charge on any atom is 0.229 e. The van der Waals surface area contributed by atoms with E-state index in [0.717, 1.165) is 19.3 Å². The van der Waals surface area contributed by atoms with Gasteiger partial charge in [-0.05, 0) is 26.2 Å². The van der Waals surface area contributed by atoms with Gasteiger partial charge in [0.05, 0.1) is 11.5 Å². The van der Waals surface area contributed by atoms with E-state index in [-0.39, 0.29) is 17.4 Å². The molecule has 0 heterocycles. The van der Waals surface area contributed by atoms with Crippen LogP contribution in [0, 0.1) is 5.41 Å². The average Bonchev–Trinajstić information content (AvgIpc) is 2.13. The molecule has 88 valence electrons. The second-order valence-electron chi connectivity index (χ2n) is 4.70. The number of amides is 1. The Morgan fingerprint density at radius 2 is 2.20 bits per heavy atom. The van der Waals surface area contributed by atoms with E-state index in [4.69, 9.17) is 10.8 Å². The van der Waals surface area contributed by atoms with Gasteiger partial charge in [-0.25, -0.2) is 0 Å². The highest BCUT2D eigenvalue weighted by atomic mass is 16.3. The number of carbonyl (C=O) groups is 1. The molecule has 0 aliphatic heterocycles. The van der Waals surface area contributed by atoms with E-state index in [1.807, 2.05) is 0 Å². The minimum atomic E-state index is -0.351. The topological polar surface area (TPSA) is 66.6 Å². The number of nitrogens with two attached hydrogens (primary N) is 1. The lowest BCUT2D eigenvalue weighted by Crippen LogP contribution is -2.51. The lowest BCUT2D eigenvalue weighted by atomic mass is 9.68. The molecule has 0 aromatic heterocycles. The van der Waals surface area contributed by atoms with Crippen LogP contribution in [0.15, 0.2) is 0 Å². The molecule has 0 aromatic carbocycles. The van der Waals surface area contributed by atoms with Gasteiger partial charge in [0.2, 0.25) is 5.91 Å².